The van der Waals surface area contributed by atoms with Crippen molar-refractivity contribution in [3.63, 3.8) is 0 Å². The van der Waals surface area contributed by atoms with Gasteiger partial charge < -0.3 is 14.1 Å². The fraction of sp³-hybridized carbons (Fsp3) is 0.409. The minimum absolute atomic E-state index is 0.560. The van der Waals surface area contributed by atoms with Crippen molar-refractivity contribution in [2.75, 3.05) is 31.2 Å². The first-order valence-corrected chi connectivity index (χ1v) is 9.37. The third-order valence-electron chi connectivity index (χ3n) is 4.80. The van der Waals surface area contributed by atoms with Crippen LogP contribution in [0.1, 0.15) is 31.7 Å². The van der Waals surface area contributed by atoms with Crippen LogP contribution in [-0.2, 0) is 4.74 Å². The molecule has 3 heterocycles. The van der Waals surface area contributed by atoms with Crippen molar-refractivity contribution in [3.05, 3.63) is 54.5 Å². The van der Waals surface area contributed by atoms with E-state index in [9.17, 15) is 0 Å². The Bertz CT molecular complexity index is 826. The Hall–Kier alpha value is -2.33. The van der Waals surface area contributed by atoms with Gasteiger partial charge in [-0.05, 0) is 18.9 Å². The number of anilines is 1. The third kappa shape index (κ3) is 4.07. The van der Waals surface area contributed by atoms with Gasteiger partial charge in [-0.15, -0.1) is 0 Å². The van der Waals surface area contributed by atoms with Gasteiger partial charge in [0, 0.05) is 30.4 Å². The number of ether oxygens (including phenoxy) is 1. The number of rotatable bonds is 6. The number of aryl methyl sites for hydroxylation is 1. The molecular weight excluding hydrogens is 324 g/mol. The first-order valence-electron chi connectivity index (χ1n) is 9.37. The van der Waals surface area contributed by atoms with Crippen molar-refractivity contribution in [2.24, 2.45) is 5.92 Å². The van der Waals surface area contributed by atoms with Crippen molar-refractivity contribution in [1.29, 1.82) is 0 Å². The standard InChI is InChI=1S/C22H28N2O2/c1-5-16(3)8-7-9-18(6-2)21-15-19-22(26-21)20(14-17(4)23-19)24-10-12-25-13-11-24/h6-9,14-16H,2,5,10-13H2,1,3-4H3/b8-7-,18-9+. The van der Waals surface area contributed by atoms with Crippen LogP contribution in [0.2, 0.25) is 0 Å². The molecule has 1 fully saturated rings. The number of aromatic nitrogens is 1. The van der Waals surface area contributed by atoms with Gasteiger partial charge in [0.25, 0.3) is 0 Å². The molecule has 0 aromatic carbocycles. The van der Waals surface area contributed by atoms with E-state index in [4.69, 9.17) is 9.15 Å². The summed E-state index contributed by atoms with van der Waals surface area (Å²) in [6, 6.07) is 4.11. The fourth-order valence-corrected chi connectivity index (χ4v) is 3.05. The Labute approximate surface area is 155 Å². The quantitative estimate of drug-likeness (QED) is 0.674. The Morgan fingerprint density at radius 2 is 2.12 bits per heavy atom. The predicted molar refractivity (Wildman–Crippen MR) is 109 cm³/mol. The van der Waals surface area contributed by atoms with E-state index in [-0.39, 0.29) is 0 Å². The molecule has 26 heavy (non-hydrogen) atoms. The van der Waals surface area contributed by atoms with Crippen LogP contribution < -0.4 is 4.90 Å². The van der Waals surface area contributed by atoms with Crippen LogP contribution in [0.4, 0.5) is 5.69 Å². The molecule has 2 aromatic rings. The lowest BCUT2D eigenvalue weighted by Gasteiger charge is -2.28. The van der Waals surface area contributed by atoms with Crippen LogP contribution in [0.25, 0.3) is 16.7 Å². The van der Waals surface area contributed by atoms with Gasteiger partial charge in [-0.1, -0.05) is 51.2 Å². The molecule has 2 aromatic heterocycles. The average molecular weight is 352 g/mol. The largest absolute Gasteiger partial charge is 0.452 e. The molecule has 4 nitrogen and oxygen atoms in total. The van der Waals surface area contributed by atoms with Gasteiger partial charge in [-0.25, -0.2) is 4.98 Å². The number of nitrogens with zero attached hydrogens (tertiary/aromatic N) is 2. The molecule has 1 atom stereocenters. The van der Waals surface area contributed by atoms with E-state index >= 15 is 0 Å². The lowest BCUT2D eigenvalue weighted by atomic mass is 10.1. The highest BCUT2D eigenvalue weighted by atomic mass is 16.5. The molecule has 4 heteroatoms. The first kappa shape index (κ1) is 18.5. The highest BCUT2D eigenvalue weighted by Gasteiger charge is 2.19. The fourth-order valence-electron chi connectivity index (χ4n) is 3.05. The minimum atomic E-state index is 0.560. The summed E-state index contributed by atoms with van der Waals surface area (Å²) in [6.07, 6.45) is 9.30. The lowest BCUT2D eigenvalue weighted by molar-refractivity contribution is 0.122. The van der Waals surface area contributed by atoms with E-state index in [0.717, 1.165) is 66.5 Å². The molecular formula is C22H28N2O2. The Morgan fingerprint density at radius 1 is 1.35 bits per heavy atom. The number of hydrogen-bond acceptors (Lipinski definition) is 4. The van der Waals surface area contributed by atoms with Gasteiger partial charge in [0.05, 0.1) is 18.9 Å². The maximum atomic E-state index is 6.23. The number of fused-ring (bicyclic) bond motifs is 1. The van der Waals surface area contributed by atoms with Gasteiger partial charge in [-0.2, -0.15) is 0 Å². The van der Waals surface area contributed by atoms with E-state index in [1.54, 1.807) is 0 Å². The normalized spacial score (nSPS) is 17.2. The molecule has 1 unspecified atom stereocenters. The molecule has 0 aliphatic carbocycles. The van der Waals surface area contributed by atoms with Crippen molar-refractivity contribution >= 4 is 22.4 Å². The van der Waals surface area contributed by atoms with Crippen LogP contribution in [-0.4, -0.2) is 31.3 Å². The number of pyridine rings is 1. The van der Waals surface area contributed by atoms with Crippen molar-refractivity contribution in [3.8, 4) is 0 Å². The number of morpholine rings is 1. The van der Waals surface area contributed by atoms with Crippen LogP contribution in [0.3, 0.4) is 0 Å². The molecule has 0 bridgehead atoms. The summed E-state index contributed by atoms with van der Waals surface area (Å²) >= 11 is 0. The van der Waals surface area contributed by atoms with E-state index in [1.807, 2.05) is 19.1 Å². The van der Waals surface area contributed by atoms with E-state index < -0.39 is 0 Å². The smallest absolute Gasteiger partial charge is 0.176 e. The summed E-state index contributed by atoms with van der Waals surface area (Å²) in [5.41, 5.74) is 4.78. The van der Waals surface area contributed by atoms with Crippen LogP contribution in [0.15, 0.2) is 47.4 Å². The van der Waals surface area contributed by atoms with Crippen LogP contribution >= 0.6 is 0 Å². The summed E-state index contributed by atoms with van der Waals surface area (Å²) in [6.45, 7) is 13.6. The molecule has 138 valence electrons. The molecule has 0 saturated carbocycles. The number of hydrogen-bond donors (Lipinski definition) is 0. The van der Waals surface area contributed by atoms with Crippen LogP contribution in [0.5, 0.6) is 0 Å². The summed E-state index contributed by atoms with van der Waals surface area (Å²) in [4.78, 5) is 6.97. The zero-order valence-electron chi connectivity index (χ0n) is 16.0. The molecule has 1 saturated heterocycles. The molecule has 0 radical (unpaired) electrons. The molecule has 0 spiro atoms. The Morgan fingerprint density at radius 3 is 2.81 bits per heavy atom. The van der Waals surface area contributed by atoms with E-state index in [1.165, 1.54) is 0 Å². The van der Waals surface area contributed by atoms with Gasteiger partial charge in [0.2, 0.25) is 0 Å². The monoisotopic (exact) mass is 352 g/mol. The lowest BCUT2D eigenvalue weighted by Crippen LogP contribution is -2.36. The Balaban J connectivity index is 1.98. The second-order valence-corrected chi connectivity index (χ2v) is 6.80. The predicted octanol–water partition coefficient (Wildman–Crippen LogP) is 5.14. The second kappa shape index (κ2) is 8.37. The summed E-state index contributed by atoms with van der Waals surface area (Å²) in [5.74, 6) is 1.36. The molecule has 0 amide bonds. The van der Waals surface area contributed by atoms with E-state index in [2.05, 4.69) is 54.6 Å². The van der Waals surface area contributed by atoms with Gasteiger partial charge >= 0.3 is 0 Å². The van der Waals surface area contributed by atoms with E-state index in [0.29, 0.717) is 5.92 Å². The number of allylic oxidation sites excluding steroid dienone is 5. The average Bonchev–Trinajstić information content (AvgIpc) is 3.08. The maximum Gasteiger partial charge on any atom is 0.176 e. The zero-order chi connectivity index (χ0) is 18.5. The van der Waals surface area contributed by atoms with Crippen molar-refractivity contribution in [2.45, 2.75) is 27.2 Å². The minimum Gasteiger partial charge on any atom is -0.452 e. The van der Waals surface area contributed by atoms with Gasteiger partial charge in [0.15, 0.2) is 5.58 Å². The third-order valence-corrected chi connectivity index (χ3v) is 4.80. The first-order chi connectivity index (χ1) is 12.6. The Kier molecular flexibility index (Phi) is 5.94. The number of furan rings is 1. The SMILES string of the molecule is C=C/C(=C\C=C/C(C)CC)c1cc2nc(C)cc(N3CCOCC3)c2o1. The highest BCUT2D eigenvalue weighted by Crippen LogP contribution is 2.32. The summed E-state index contributed by atoms with van der Waals surface area (Å²) < 4.78 is 11.7. The summed E-state index contributed by atoms with van der Waals surface area (Å²) in [5, 5.41) is 0. The van der Waals surface area contributed by atoms with Gasteiger partial charge in [-0.3, -0.25) is 0 Å². The zero-order valence-corrected chi connectivity index (χ0v) is 16.0. The maximum absolute atomic E-state index is 6.23. The highest BCUT2D eigenvalue weighted by molar-refractivity contribution is 5.90. The molecule has 3 rings (SSSR count). The molecule has 1 aliphatic rings. The second-order valence-electron chi connectivity index (χ2n) is 6.80. The van der Waals surface area contributed by atoms with Crippen molar-refractivity contribution in [1.82, 2.24) is 4.98 Å². The van der Waals surface area contributed by atoms with Crippen LogP contribution in [0, 0.1) is 12.8 Å². The molecule has 1 aliphatic heterocycles. The van der Waals surface area contributed by atoms with Gasteiger partial charge in [0.1, 0.15) is 11.3 Å². The summed E-state index contributed by atoms with van der Waals surface area (Å²) in [7, 11) is 0. The molecule has 0 N–H and O–H groups in total. The topological polar surface area (TPSA) is 38.5 Å². The van der Waals surface area contributed by atoms with Crippen molar-refractivity contribution < 1.29 is 9.15 Å².